The molecule has 108 valence electrons. The Morgan fingerprint density at radius 2 is 2.14 bits per heavy atom. The van der Waals surface area contributed by atoms with Crippen LogP contribution >= 0.6 is 0 Å². The minimum atomic E-state index is -0.402. The highest BCUT2D eigenvalue weighted by atomic mass is 16.3. The van der Waals surface area contributed by atoms with Crippen molar-refractivity contribution in [2.24, 2.45) is 5.92 Å². The SMILES string of the molecule is N#CCC[C@H](C#N)Cn1cnc2c(oc3ccccc32)c1=O. The van der Waals surface area contributed by atoms with E-state index in [1.54, 1.807) is 6.07 Å². The van der Waals surface area contributed by atoms with Gasteiger partial charge in [0, 0.05) is 18.4 Å². The highest BCUT2D eigenvalue weighted by Gasteiger charge is 2.15. The molecule has 0 radical (unpaired) electrons. The molecular weight excluding hydrogens is 280 g/mol. The van der Waals surface area contributed by atoms with Crippen molar-refractivity contribution in [2.75, 3.05) is 0 Å². The van der Waals surface area contributed by atoms with Gasteiger partial charge in [-0.3, -0.25) is 9.36 Å². The summed E-state index contributed by atoms with van der Waals surface area (Å²) in [6, 6.07) is 11.4. The van der Waals surface area contributed by atoms with E-state index in [1.165, 1.54) is 10.9 Å². The molecule has 1 aromatic carbocycles. The molecule has 0 amide bonds. The van der Waals surface area contributed by atoms with Gasteiger partial charge in [0.1, 0.15) is 11.1 Å². The van der Waals surface area contributed by atoms with Crippen molar-refractivity contribution in [1.82, 2.24) is 9.55 Å². The summed E-state index contributed by atoms with van der Waals surface area (Å²) < 4.78 is 6.96. The van der Waals surface area contributed by atoms with Crippen LogP contribution in [0.5, 0.6) is 0 Å². The topological polar surface area (TPSA) is 95.6 Å². The molecule has 3 rings (SSSR count). The molecule has 0 bridgehead atoms. The standard InChI is InChI=1S/C16H12N4O2/c17-7-3-4-11(8-18)9-20-10-19-14-12-5-1-2-6-13(12)22-15(14)16(20)21/h1-2,5-6,10-11H,3-4,9H2/t11-/m1/s1. The van der Waals surface area contributed by atoms with E-state index in [1.807, 2.05) is 24.3 Å². The van der Waals surface area contributed by atoms with E-state index in [2.05, 4.69) is 11.1 Å². The Bertz CT molecular complexity index is 972. The van der Waals surface area contributed by atoms with E-state index in [0.29, 0.717) is 17.5 Å². The fourth-order valence-corrected chi connectivity index (χ4v) is 2.42. The number of benzene rings is 1. The molecule has 0 aliphatic heterocycles. The lowest BCUT2D eigenvalue weighted by molar-refractivity contribution is 0.494. The van der Waals surface area contributed by atoms with E-state index in [9.17, 15) is 4.79 Å². The van der Waals surface area contributed by atoms with E-state index >= 15 is 0 Å². The summed E-state index contributed by atoms with van der Waals surface area (Å²) in [7, 11) is 0. The van der Waals surface area contributed by atoms with Crippen molar-refractivity contribution in [1.29, 1.82) is 10.5 Å². The fourth-order valence-electron chi connectivity index (χ4n) is 2.42. The van der Waals surface area contributed by atoms with Gasteiger partial charge in [-0.25, -0.2) is 4.98 Å². The molecule has 3 aromatic rings. The summed E-state index contributed by atoms with van der Waals surface area (Å²) in [5.74, 6) is -0.402. The Balaban J connectivity index is 2.04. The van der Waals surface area contributed by atoms with Gasteiger partial charge in [0.25, 0.3) is 5.56 Å². The third-order valence-corrected chi connectivity index (χ3v) is 3.55. The van der Waals surface area contributed by atoms with E-state index in [-0.39, 0.29) is 24.1 Å². The minimum Gasteiger partial charge on any atom is -0.448 e. The molecule has 1 atom stereocenters. The van der Waals surface area contributed by atoms with Crippen molar-refractivity contribution < 1.29 is 4.42 Å². The molecule has 0 aliphatic carbocycles. The molecule has 0 unspecified atom stereocenters. The molecule has 6 nitrogen and oxygen atoms in total. The lowest BCUT2D eigenvalue weighted by Gasteiger charge is -2.08. The van der Waals surface area contributed by atoms with Gasteiger partial charge in [0.05, 0.1) is 24.4 Å². The quantitative estimate of drug-likeness (QED) is 0.736. The summed E-state index contributed by atoms with van der Waals surface area (Å²) in [6.45, 7) is 0.205. The monoisotopic (exact) mass is 292 g/mol. The molecule has 2 aromatic heterocycles. The molecule has 0 saturated heterocycles. The maximum Gasteiger partial charge on any atom is 0.297 e. The van der Waals surface area contributed by atoms with Gasteiger partial charge in [0.2, 0.25) is 5.58 Å². The highest BCUT2D eigenvalue weighted by molar-refractivity contribution is 6.01. The largest absolute Gasteiger partial charge is 0.448 e. The van der Waals surface area contributed by atoms with Crippen molar-refractivity contribution in [3.63, 3.8) is 0 Å². The van der Waals surface area contributed by atoms with Gasteiger partial charge < -0.3 is 4.42 Å². The molecule has 6 heteroatoms. The Morgan fingerprint density at radius 3 is 2.91 bits per heavy atom. The van der Waals surface area contributed by atoms with Crippen molar-refractivity contribution in [3.8, 4) is 12.1 Å². The Hall–Kier alpha value is -3.12. The Labute approximate surface area is 125 Å². The minimum absolute atomic E-state index is 0.195. The van der Waals surface area contributed by atoms with Crippen LogP contribution < -0.4 is 5.56 Å². The molecule has 0 spiro atoms. The molecular formula is C16H12N4O2. The van der Waals surface area contributed by atoms with Gasteiger partial charge in [-0.1, -0.05) is 12.1 Å². The molecule has 2 heterocycles. The van der Waals surface area contributed by atoms with Crippen LogP contribution in [-0.4, -0.2) is 9.55 Å². The number of furan rings is 1. The predicted molar refractivity (Wildman–Crippen MR) is 79.7 cm³/mol. The molecule has 0 saturated carbocycles. The average molecular weight is 292 g/mol. The van der Waals surface area contributed by atoms with Crippen LogP contribution in [0.4, 0.5) is 0 Å². The molecule has 0 aliphatic rings. The van der Waals surface area contributed by atoms with E-state index < -0.39 is 5.92 Å². The first-order chi connectivity index (χ1) is 10.7. The second kappa shape index (κ2) is 5.71. The summed E-state index contributed by atoms with van der Waals surface area (Å²) in [6.07, 6.45) is 2.15. The first-order valence-electron chi connectivity index (χ1n) is 6.88. The third-order valence-electron chi connectivity index (χ3n) is 3.55. The second-order valence-corrected chi connectivity index (χ2v) is 5.00. The van der Waals surface area contributed by atoms with Gasteiger partial charge >= 0.3 is 0 Å². The number of nitriles is 2. The summed E-state index contributed by atoms with van der Waals surface area (Å²) in [5.41, 5.74) is 1.03. The zero-order chi connectivity index (χ0) is 15.5. The average Bonchev–Trinajstić information content (AvgIpc) is 2.93. The first-order valence-corrected chi connectivity index (χ1v) is 6.88. The van der Waals surface area contributed by atoms with Gasteiger partial charge in [-0.05, 0) is 18.6 Å². The number of hydrogen-bond acceptors (Lipinski definition) is 5. The van der Waals surface area contributed by atoms with E-state index in [4.69, 9.17) is 14.9 Å². The number of fused-ring (bicyclic) bond motifs is 3. The number of hydrogen-bond donors (Lipinski definition) is 0. The summed E-state index contributed by atoms with van der Waals surface area (Å²) in [4.78, 5) is 16.8. The number of aromatic nitrogens is 2. The maximum absolute atomic E-state index is 12.5. The summed E-state index contributed by atoms with van der Waals surface area (Å²) >= 11 is 0. The van der Waals surface area contributed by atoms with E-state index in [0.717, 1.165) is 5.39 Å². The number of para-hydroxylation sites is 1. The Morgan fingerprint density at radius 1 is 1.32 bits per heavy atom. The molecule has 0 fully saturated rings. The smallest absolute Gasteiger partial charge is 0.297 e. The lowest BCUT2D eigenvalue weighted by Crippen LogP contribution is -2.23. The van der Waals surface area contributed by atoms with Crippen molar-refractivity contribution >= 4 is 22.1 Å². The van der Waals surface area contributed by atoms with Gasteiger partial charge in [0.15, 0.2) is 0 Å². The van der Waals surface area contributed by atoms with Crippen LogP contribution in [0.1, 0.15) is 12.8 Å². The van der Waals surface area contributed by atoms with Crippen LogP contribution in [0.2, 0.25) is 0 Å². The molecule has 0 N–H and O–H groups in total. The summed E-state index contributed by atoms with van der Waals surface area (Å²) in [5, 5.41) is 18.5. The lowest BCUT2D eigenvalue weighted by atomic mass is 10.1. The third kappa shape index (κ3) is 2.32. The van der Waals surface area contributed by atoms with Crippen LogP contribution in [-0.2, 0) is 6.54 Å². The normalized spacial score (nSPS) is 12.1. The zero-order valence-electron chi connectivity index (χ0n) is 11.7. The van der Waals surface area contributed by atoms with Crippen molar-refractivity contribution in [2.45, 2.75) is 19.4 Å². The number of rotatable bonds is 4. The van der Waals surface area contributed by atoms with Crippen LogP contribution in [0.15, 0.2) is 39.8 Å². The zero-order valence-corrected chi connectivity index (χ0v) is 11.7. The number of nitrogens with zero attached hydrogens (tertiary/aromatic N) is 4. The first kappa shape index (κ1) is 13.8. The van der Waals surface area contributed by atoms with Crippen LogP contribution in [0.25, 0.3) is 22.1 Å². The van der Waals surface area contributed by atoms with Gasteiger partial charge in [-0.15, -0.1) is 0 Å². The van der Waals surface area contributed by atoms with Crippen LogP contribution in [0, 0.1) is 28.6 Å². The predicted octanol–water partition coefficient (Wildman–Crippen LogP) is 2.59. The Kier molecular flexibility index (Phi) is 3.59. The second-order valence-electron chi connectivity index (χ2n) is 5.00. The highest BCUT2D eigenvalue weighted by Crippen LogP contribution is 2.24. The maximum atomic E-state index is 12.5. The molecule has 22 heavy (non-hydrogen) atoms. The van der Waals surface area contributed by atoms with Crippen molar-refractivity contribution in [3.05, 3.63) is 40.9 Å². The van der Waals surface area contributed by atoms with Crippen LogP contribution in [0.3, 0.4) is 0 Å². The van der Waals surface area contributed by atoms with Gasteiger partial charge in [-0.2, -0.15) is 10.5 Å². The fraction of sp³-hybridized carbons (Fsp3) is 0.250.